The Hall–Kier alpha value is -9.34. The van der Waals surface area contributed by atoms with Crippen LogP contribution in [0.1, 0.15) is 22.3 Å². The maximum absolute atomic E-state index is 2.99. The average Bonchev–Trinajstić information content (AvgIpc) is 3.99. The lowest BCUT2D eigenvalue weighted by atomic mass is 9.67. The molecule has 0 atom stereocenters. The molecule has 12 aromatic carbocycles. The van der Waals surface area contributed by atoms with Gasteiger partial charge in [0.2, 0.25) is 0 Å². The topological polar surface area (TPSA) is 3.24 Å². The molecule has 75 heavy (non-hydrogen) atoms. The van der Waals surface area contributed by atoms with Crippen molar-refractivity contribution >= 4 is 45.9 Å². The Morgan fingerprint density at radius 2 is 0.640 bits per heavy atom. The molecule has 1 aliphatic heterocycles. The van der Waals surface area contributed by atoms with Crippen molar-refractivity contribution in [3.63, 3.8) is 0 Å². The Bertz CT molecular complexity index is 3900. The number of anilines is 3. The van der Waals surface area contributed by atoms with Crippen molar-refractivity contribution in [2.45, 2.75) is 5.41 Å². The fourth-order valence-corrected chi connectivity index (χ4v) is 18.1. The largest absolute Gasteiger partial charge is 0.310 e. The lowest BCUT2D eigenvalue weighted by Gasteiger charge is -2.36. The summed E-state index contributed by atoms with van der Waals surface area (Å²) in [5.74, 6) is 0. The van der Waals surface area contributed by atoms with Crippen LogP contribution < -0.4 is 25.6 Å². The lowest BCUT2D eigenvalue weighted by molar-refractivity contribution is 0.768. The van der Waals surface area contributed by atoms with E-state index in [9.17, 15) is 0 Å². The molecule has 2 aliphatic rings. The van der Waals surface area contributed by atoms with Crippen LogP contribution in [0.3, 0.4) is 0 Å². The van der Waals surface area contributed by atoms with Gasteiger partial charge in [0.15, 0.2) is 8.07 Å². The monoisotopic (exact) mass is 969 g/mol. The molecule has 2 heteroatoms. The van der Waals surface area contributed by atoms with Gasteiger partial charge in [-0.15, -0.1) is 0 Å². The van der Waals surface area contributed by atoms with Crippen molar-refractivity contribution in [2.75, 3.05) is 4.90 Å². The van der Waals surface area contributed by atoms with Crippen LogP contribution in [0.5, 0.6) is 0 Å². The van der Waals surface area contributed by atoms with Crippen LogP contribution in [0.25, 0.3) is 55.6 Å². The molecule has 0 unspecified atom stereocenters. The first kappa shape index (κ1) is 44.4. The van der Waals surface area contributed by atoms with Crippen molar-refractivity contribution < 1.29 is 0 Å². The average molecular weight is 970 g/mol. The molecule has 14 rings (SSSR count). The summed E-state index contributed by atoms with van der Waals surface area (Å²) in [4.78, 5) is 2.57. The van der Waals surface area contributed by atoms with E-state index in [4.69, 9.17) is 0 Å². The van der Waals surface area contributed by atoms with Gasteiger partial charge in [-0.05, 0) is 141 Å². The zero-order chi connectivity index (χ0) is 49.8. The van der Waals surface area contributed by atoms with E-state index in [0.717, 1.165) is 28.2 Å². The number of hydrogen-bond acceptors (Lipinski definition) is 1. The van der Waals surface area contributed by atoms with Gasteiger partial charge in [-0.1, -0.05) is 267 Å². The zero-order valence-electron chi connectivity index (χ0n) is 41.4. The first-order valence-corrected chi connectivity index (χ1v) is 28.1. The van der Waals surface area contributed by atoms with E-state index in [1.807, 2.05) is 0 Å². The van der Waals surface area contributed by atoms with Crippen molar-refractivity contribution in [2.24, 2.45) is 0 Å². The van der Waals surface area contributed by atoms with Crippen LogP contribution in [-0.4, -0.2) is 8.07 Å². The predicted octanol–water partition coefficient (Wildman–Crippen LogP) is 15.9. The molecule has 0 fully saturated rings. The molecule has 1 heterocycles. The molecule has 0 spiro atoms. The Labute approximate surface area is 441 Å². The summed E-state index contributed by atoms with van der Waals surface area (Å²) in [7, 11) is -2.99. The molecule has 12 aromatic rings. The van der Waals surface area contributed by atoms with Crippen molar-refractivity contribution in [1.29, 1.82) is 0 Å². The van der Waals surface area contributed by atoms with Crippen molar-refractivity contribution in [3.8, 4) is 55.6 Å². The van der Waals surface area contributed by atoms with Crippen LogP contribution >= 0.6 is 0 Å². The summed E-state index contributed by atoms with van der Waals surface area (Å²) in [5, 5.41) is 5.55. The van der Waals surface area contributed by atoms with E-state index in [-0.39, 0.29) is 0 Å². The summed E-state index contributed by atoms with van der Waals surface area (Å²) in [6.45, 7) is 0. The fraction of sp³-hybridized carbons (Fsp3) is 0.0137. The van der Waals surface area contributed by atoms with Gasteiger partial charge in [0.25, 0.3) is 0 Å². The van der Waals surface area contributed by atoms with Gasteiger partial charge in [-0.3, -0.25) is 0 Å². The summed E-state index contributed by atoms with van der Waals surface area (Å²) < 4.78 is 0. The highest BCUT2D eigenvalue weighted by atomic mass is 28.3. The second-order valence-electron chi connectivity index (χ2n) is 19.9. The van der Waals surface area contributed by atoms with Gasteiger partial charge in [0.1, 0.15) is 0 Å². The lowest BCUT2D eigenvalue weighted by Crippen LogP contribution is -2.72. The van der Waals surface area contributed by atoms with Crippen LogP contribution in [0, 0.1) is 0 Å². The molecule has 1 nitrogen and oxygen atoms in total. The SMILES string of the molecule is c1ccc(-c2cc(-c3ccccc3)cc(N(c3cc(-c4ccccc4)cc([Si]4(c5ccccc5)c5ccccc5-c5ccccc54)c3)c3ccc4c(c3)C(c3ccccc3)(c3ccccc3)c3ccccc3-4)c2)cc1. The van der Waals surface area contributed by atoms with E-state index < -0.39 is 13.5 Å². The van der Waals surface area contributed by atoms with Crippen LogP contribution in [0.2, 0.25) is 0 Å². The van der Waals surface area contributed by atoms with Crippen molar-refractivity contribution in [1.82, 2.24) is 0 Å². The quantitative estimate of drug-likeness (QED) is 0.123. The molecule has 0 bridgehead atoms. The third kappa shape index (κ3) is 7.13. The van der Waals surface area contributed by atoms with Gasteiger partial charge in [0.05, 0.1) is 5.41 Å². The summed E-state index contributed by atoms with van der Waals surface area (Å²) in [6, 6.07) is 116. The summed E-state index contributed by atoms with van der Waals surface area (Å²) >= 11 is 0. The van der Waals surface area contributed by atoms with Gasteiger partial charge < -0.3 is 4.90 Å². The Morgan fingerprint density at radius 3 is 1.16 bits per heavy atom. The fourth-order valence-electron chi connectivity index (χ4n) is 12.8. The third-order valence-electron chi connectivity index (χ3n) is 16.0. The molecule has 0 saturated carbocycles. The highest BCUT2D eigenvalue weighted by Gasteiger charge is 2.49. The number of fused-ring (bicyclic) bond motifs is 6. The third-order valence-corrected chi connectivity index (χ3v) is 20.8. The molecule has 1 aliphatic carbocycles. The zero-order valence-corrected chi connectivity index (χ0v) is 42.4. The molecule has 0 N–H and O–H groups in total. The summed E-state index contributed by atoms with van der Waals surface area (Å²) in [6.07, 6.45) is 0. The standard InChI is InChI=1S/C73H51NSi/c1-7-25-52(26-8-1)55-45-56(53-27-9-2-10-28-53)47-61(46-55)74(60-43-44-66-65-37-19-22-40-69(65)73(70(66)51-60,58-31-13-4-14-32-58)59-33-15-5-16-34-59)62-48-57(54-29-11-3-12-30-54)49-64(50-62)75(63-35-17-6-18-36-63)71-41-23-20-38-67(71)68-39-21-24-42-72(68)75/h1-51H. The van der Waals surface area contributed by atoms with E-state index in [1.54, 1.807) is 0 Å². The van der Waals surface area contributed by atoms with E-state index in [2.05, 4.69) is 314 Å². The van der Waals surface area contributed by atoms with E-state index >= 15 is 0 Å². The van der Waals surface area contributed by atoms with Gasteiger partial charge in [-0.25, -0.2) is 0 Å². The Balaban J connectivity index is 1.11. The molecule has 0 aromatic heterocycles. The minimum Gasteiger partial charge on any atom is -0.310 e. The number of benzene rings is 12. The highest BCUT2D eigenvalue weighted by Crippen LogP contribution is 2.57. The minimum absolute atomic E-state index is 0.587. The molecule has 352 valence electrons. The second-order valence-corrected chi connectivity index (χ2v) is 23.7. The molecule has 0 amide bonds. The number of rotatable bonds is 10. The predicted molar refractivity (Wildman–Crippen MR) is 317 cm³/mol. The van der Waals surface area contributed by atoms with Crippen LogP contribution in [0.15, 0.2) is 309 Å². The van der Waals surface area contributed by atoms with Crippen LogP contribution in [-0.2, 0) is 5.41 Å². The maximum atomic E-state index is 2.57. The van der Waals surface area contributed by atoms with E-state index in [0.29, 0.717) is 0 Å². The first-order valence-electron chi connectivity index (χ1n) is 26.1. The molecule has 0 saturated heterocycles. The minimum atomic E-state index is -2.99. The Kier molecular flexibility index (Phi) is 10.8. The summed E-state index contributed by atoms with van der Waals surface area (Å²) in [5.41, 5.74) is 19.9. The van der Waals surface area contributed by atoms with E-state index in [1.165, 1.54) is 87.5 Å². The smallest absolute Gasteiger partial charge is 0.180 e. The molecular weight excluding hydrogens is 919 g/mol. The molecule has 0 radical (unpaired) electrons. The number of nitrogens with zero attached hydrogens (tertiary/aromatic N) is 1. The highest BCUT2D eigenvalue weighted by molar-refractivity contribution is 7.22. The van der Waals surface area contributed by atoms with Crippen LogP contribution in [0.4, 0.5) is 17.1 Å². The van der Waals surface area contributed by atoms with Gasteiger partial charge in [0, 0.05) is 17.1 Å². The van der Waals surface area contributed by atoms with Gasteiger partial charge >= 0.3 is 0 Å². The maximum Gasteiger partial charge on any atom is 0.180 e. The first-order chi connectivity index (χ1) is 37.2. The second kappa shape index (κ2) is 18.3. The van der Waals surface area contributed by atoms with Crippen molar-refractivity contribution in [3.05, 3.63) is 332 Å². The molecular formula is C73H51NSi. The Morgan fingerprint density at radius 1 is 0.240 bits per heavy atom. The van der Waals surface area contributed by atoms with Gasteiger partial charge in [-0.2, -0.15) is 0 Å². The number of hydrogen-bond donors (Lipinski definition) is 0. The normalized spacial score (nSPS) is 13.3.